The molecule has 0 atom stereocenters. The van der Waals surface area contributed by atoms with Crippen LogP contribution < -0.4 is 5.73 Å². The van der Waals surface area contributed by atoms with Crippen LogP contribution >= 0.6 is 15.9 Å². The third kappa shape index (κ3) is 4.35. The minimum atomic E-state index is -0.0638. The maximum atomic E-state index is 12.8. The number of hydrogen-bond acceptors (Lipinski definition) is 2. The molecular formula is C15H26BrN3O. The van der Waals surface area contributed by atoms with Gasteiger partial charge in [-0.3, -0.25) is 4.79 Å². The van der Waals surface area contributed by atoms with Gasteiger partial charge in [0.2, 0.25) is 0 Å². The predicted molar refractivity (Wildman–Crippen MR) is 86.8 cm³/mol. The fourth-order valence-corrected chi connectivity index (χ4v) is 2.64. The van der Waals surface area contributed by atoms with Crippen LogP contribution in [0.15, 0.2) is 16.7 Å². The van der Waals surface area contributed by atoms with E-state index in [0.29, 0.717) is 13.1 Å². The van der Waals surface area contributed by atoms with Crippen molar-refractivity contribution >= 4 is 21.8 Å². The van der Waals surface area contributed by atoms with Crippen LogP contribution in [0.25, 0.3) is 0 Å². The number of carbonyl (C=O) groups is 1. The highest BCUT2D eigenvalue weighted by atomic mass is 79.9. The highest BCUT2D eigenvalue weighted by Gasteiger charge is 2.25. The van der Waals surface area contributed by atoms with E-state index in [-0.39, 0.29) is 11.3 Å². The van der Waals surface area contributed by atoms with E-state index in [9.17, 15) is 4.79 Å². The number of carbonyl (C=O) groups excluding carboxylic acids is 1. The van der Waals surface area contributed by atoms with Crippen LogP contribution in [0, 0.1) is 5.41 Å². The smallest absolute Gasteiger partial charge is 0.270 e. The lowest BCUT2D eigenvalue weighted by Gasteiger charge is -2.32. The SMILES string of the molecule is CCCN(CC(C)(C)CN)C(=O)c1cc(Br)cn1CC. The van der Waals surface area contributed by atoms with E-state index >= 15 is 0 Å². The maximum absolute atomic E-state index is 12.8. The van der Waals surface area contributed by atoms with Crippen molar-refractivity contribution in [2.24, 2.45) is 11.1 Å². The van der Waals surface area contributed by atoms with Gasteiger partial charge in [-0.2, -0.15) is 0 Å². The van der Waals surface area contributed by atoms with Crippen molar-refractivity contribution in [3.63, 3.8) is 0 Å². The fourth-order valence-electron chi connectivity index (χ4n) is 2.18. The number of halogens is 1. The molecule has 1 amide bonds. The average Bonchev–Trinajstić information content (AvgIpc) is 2.78. The van der Waals surface area contributed by atoms with Gasteiger partial charge in [0.1, 0.15) is 5.69 Å². The Labute approximate surface area is 130 Å². The topological polar surface area (TPSA) is 51.3 Å². The van der Waals surface area contributed by atoms with Crippen molar-refractivity contribution < 1.29 is 4.79 Å². The molecule has 114 valence electrons. The lowest BCUT2D eigenvalue weighted by Crippen LogP contribution is -2.43. The molecule has 1 heterocycles. The van der Waals surface area contributed by atoms with E-state index in [4.69, 9.17) is 5.73 Å². The Hall–Kier alpha value is -0.810. The number of amides is 1. The summed E-state index contributed by atoms with van der Waals surface area (Å²) in [6, 6.07) is 1.89. The highest BCUT2D eigenvalue weighted by molar-refractivity contribution is 9.10. The standard InChI is InChI=1S/C15H26BrN3O/c1-5-7-19(11-15(3,4)10-17)14(20)13-8-12(16)9-18(13)6-2/h8-9H,5-7,10-11,17H2,1-4H3. The molecule has 0 saturated carbocycles. The molecule has 0 spiro atoms. The minimum Gasteiger partial charge on any atom is -0.343 e. The van der Waals surface area contributed by atoms with Gasteiger partial charge in [-0.1, -0.05) is 20.8 Å². The van der Waals surface area contributed by atoms with Crippen LogP contribution in [-0.2, 0) is 6.54 Å². The Kier molecular flexibility index (Phi) is 6.27. The molecule has 0 saturated heterocycles. The number of hydrogen-bond donors (Lipinski definition) is 1. The van der Waals surface area contributed by atoms with Gasteiger partial charge in [0, 0.05) is 30.3 Å². The summed E-state index contributed by atoms with van der Waals surface area (Å²) in [6.45, 7) is 11.1. The second-order valence-electron chi connectivity index (χ2n) is 5.92. The zero-order valence-electron chi connectivity index (χ0n) is 12.9. The Balaban J connectivity index is 2.98. The number of rotatable bonds is 7. The average molecular weight is 344 g/mol. The minimum absolute atomic E-state index is 0.0638. The molecule has 0 bridgehead atoms. The van der Waals surface area contributed by atoms with Crippen LogP contribution in [-0.4, -0.2) is 35.0 Å². The molecule has 0 fully saturated rings. The Morgan fingerprint density at radius 2 is 2.10 bits per heavy atom. The van der Waals surface area contributed by atoms with E-state index in [2.05, 4.69) is 36.7 Å². The van der Waals surface area contributed by atoms with Crippen LogP contribution in [0.1, 0.15) is 44.6 Å². The molecule has 2 N–H and O–H groups in total. The molecule has 1 rings (SSSR count). The molecule has 20 heavy (non-hydrogen) atoms. The first kappa shape index (κ1) is 17.2. The zero-order chi connectivity index (χ0) is 15.3. The lowest BCUT2D eigenvalue weighted by atomic mass is 9.93. The molecule has 5 heteroatoms. The van der Waals surface area contributed by atoms with Gasteiger partial charge in [0.25, 0.3) is 5.91 Å². The summed E-state index contributed by atoms with van der Waals surface area (Å²) >= 11 is 3.44. The summed E-state index contributed by atoms with van der Waals surface area (Å²) in [6.07, 6.45) is 2.89. The fraction of sp³-hybridized carbons (Fsp3) is 0.667. The molecule has 1 aromatic rings. The molecule has 0 aromatic carbocycles. The van der Waals surface area contributed by atoms with E-state index in [1.807, 2.05) is 28.7 Å². The summed E-state index contributed by atoms with van der Waals surface area (Å²) in [4.78, 5) is 14.7. The van der Waals surface area contributed by atoms with Gasteiger partial charge >= 0.3 is 0 Å². The molecule has 1 aromatic heterocycles. The van der Waals surface area contributed by atoms with Crippen LogP contribution in [0.3, 0.4) is 0 Å². The van der Waals surface area contributed by atoms with E-state index in [1.54, 1.807) is 0 Å². The van der Waals surface area contributed by atoms with Crippen LogP contribution in [0.5, 0.6) is 0 Å². The van der Waals surface area contributed by atoms with E-state index in [1.165, 1.54) is 0 Å². The maximum Gasteiger partial charge on any atom is 0.270 e. The number of aromatic nitrogens is 1. The van der Waals surface area contributed by atoms with E-state index in [0.717, 1.165) is 29.7 Å². The Morgan fingerprint density at radius 3 is 2.60 bits per heavy atom. The van der Waals surface area contributed by atoms with Gasteiger partial charge in [0.15, 0.2) is 0 Å². The number of nitrogens with two attached hydrogens (primary N) is 1. The van der Waals surface area contributed by atoms with Gasteiger partial charge in [0.05, 0.1) is 0 Å². The number of aryl methyl sites for hydroxylation is 1. The second-order valence-corrected chi connectivity index (χ2v) is 6.84. The van der Waals surface area contributed by atoms with Crippen molar-refractivity contribution in [2.75, 3.05) is 19.6 Å². The first-order valence-electron chi connectivity index (χ1n) is 7.19. The third-order valence-electron chi connectivity index (χ3n) is 3.38. The van der Waals surface area contributed by atoms with Crippen molar-refractivity contribution in [1.82, 2.24) is 9.47 Å². The molecule has 0 radical (unpaired) electrons. The summed E-state index contributed by atoms with van der Waals surface area (Å²) in [5.74, 6) is 0.0842. The molecule has 0 aliphatic rings. The summed E-state index contributed by atoms with van der Waals surface area (Å²) in [5.41, 5.74) is 6.47. The Bertz CT molecular complexity index is 454. The predicted octanol–water partition coefficient (Wildman–Crippen LogP) is 3.11. The van der Waals surface area contributed by atoms with E-state index < -0.39 is 0 Å². The summed E-state index contributed by atoms with van der Waals surface area (Å²) < 4.78 is 2.92. The molecular weight excluding hydrogens is 318 g/mol. The Morgan fingerprint density at radius 1 is 1.45 bits per heavy atom. The molecule has 0 unspecified atom stereocenters. The zero-order valence-corrected chi connectivity index (χ0v) is 14.5. The van der Waals surface area contributed by atoms with Gasteiger partial charge in [-0.05, 0) is 47.3 Å². The highest BCUT2D eigenvalue weighted by Crippen LogP contribution is 2.20. The normalized spacial score (nSPS) is 11.7. The van der Waals surface area contributed by atoms with Crippen molar-refractivity contribution in [2.45, 2.75) is 40.7 Å². The third-order valence-corrected chi connectivity index (χ3v) is 3.81. The summed E-state index contributed by atoms with van der Waals surface area (Å²) in [7, 11) is 0. The van der Waals surface area contributed by atoms with Crippen LogP contribution in [0.4, 0.5) is 0 Å². The first-order valence-corrected chi connectivity index (χ1v) is 7.99. The molecule has 0 aliphatic heterocycles. The first-order chi connectivity index (χ1) is 9.34. The quantitative estimate of drug-likeness (QED) is 0.826. The number of nitrogens with zero attached hydrogens (tertiary/aromatic N) is 2. The van der Waals surface area contributed by atoms with Crippen LogP contribution in [0.2, 0.25) is 0 Å². The van der Waals surface area contributed by atoms with Crippen molar-refractivity contribution in [1.29, 1.82) is 0 Å². The molecule has 0 aliphatic carbocycles. The summed E-state index contributed by atoms with van der Waals surface area (Å²) in [5, 5.41) is 0. The van der Waals surface area contributed by atoms with Crippen molar-refractivity contribution in [3.05, 3.63) is 22.4 Å². The van der Waals surface area contributed by atoms with Crippen molar-refractivity contribution in [3.8, 4) is 0 Å². The van der Waals surface area contributed by atoms with Gasteiger partial charge < -0.3 is 15.2 Å². The molecule has 4 nitrogen and oxygen atoms in total. The monoisotopic (exact) mass is 343 g/mol. The largest absolute Gasteiger partial charge is 0.343 e. The van der Waals surface area contributed by atoms with Gasteiger partial charge in [-0.15, -0.1) is 0 Å². The second kappa shape index (κ2) is 7.27. The van der Waals surface area contributed by atoms with Gasteiger partial charge in [-0.25, -0.2) is 0 Å². The lowest BCUT2D eigenvalue weighted by molar-refractivity contribution is 0.0678.